The van der Waals surface area contributed by atoms with Crippen molar-refractivity contribution < 1.29 is 14.3 Å². The van der Waals surface area contributed by atoms with E-state index in [1.807, 2.05) is 6.92 Å². The second-order valence-electron chi connectivity index (χ2n) is 6.84. The number of benzene rings is 1. The lowest BCUT2D eigenvalue weighted by atomic mass is 9.79. The van der Waals surface area contributed by atoms with E-state index in [-0.39, 0.29) is 5.97 Å². The summed E-state index contributed by atoms with van der Waals surface area (Å²) < 4.78 is 10.6. The highest BCUT2D eigenvalue weighted by Gasteiger charge is 2.42. The standard InChI is InChI=1S/C19H28N2O3/c1-3-24-18(22)19(14-23-2)8-11-21(12-9-19)13-16-6-4-5-15-7-10-20-17(15)16/h4-6,20H,3,7-14H2,1-2H3. The number of carbonyl (C=O) groups excluding carboxylic acids is 1. The lowest BCUT2D eigenvalue weighted by Gasteiger charge is -2.39. The predicted molar refractivity (Wildman–Crippen MR) is 94.1 cm³/mol. The molecule has 2 aliphatic rings. The Labute approximate surface area is 144 Å². The average Bonchev–Trinajstić information content (AvgIpc) is 3.07. The lowest BCUT2D eigenvalue weighted by Crippen LogP contribution is -2.47. The van der Waals surface area contributed by atoms with Gasteiger partial charge in [0.05, 0.1) is 18.6 Å². The summed E-state index contributed by atoms with van der Waals surface area (Å²) in [5.74, 6) is -0.103. The Morgan fingerprint density at radius 1 is 1.33 bits per heavy atom. The van der Waals surface area contributed by atoms with Crippen LogP contribution >= 0.6 is 0 Å². The number of carbonyl (C=O) groups is 1. The third kappa shape index (κ3) is 3.42. The van der Waals surface area contributed by atoms with E-state index in [4.69, 9.17) is 9.47 Å². The molecular formula is C19H28N2O3. The molecule has 24 heavy (non-hydrogen) atoms. The number of likely N-dealkylation sites (tertiary alicyclic amines) is 1. The Bertz CT molecular complexity index is 580. The maximum Gasteiger partial charge on any atom is 0.314 e. The van der Waals surface area contributed by atoms with Gasteiger partial charge in [-0.05, 0) is 50.4 Å². The smallest absolute Gasteiger partial charge is 0.314 e. The van der Waals surface area contributed by atoms with Gasteiger partial charge in [-0.2, -0.15) is 0 Å². The van der Waals surface area contributed by atoms with Crippen LogP contribution in [-0.2, 0) is 27.2 Å². The topological polar surface area (TPSA) is 50.8 Å². The van der Waals surface area contributed by atoms with Gasteiger partial charge in [0.1, 0.15) is 0 Å². The van der Waals surface area contributed by atoms with Crippen molar-refractivity contribution in [2.24, 2.45) is 5.41 Å². The largest absolute Gasteiger partial charge is 0.465 e. The maximum atomic E-state index is 12.4. The van der Waals surface area contributed by atoms with Gasteiger partial charge in [-0.15, -0.1) is 0 Å². The fraction of sp³-hybridized carbons (Fsp3) is 0.632. The Balaban J connectivity index is 1.64. The van der Waals surface area contributed by atoms with Crippen molar-refractivity contribution in [1.82, 2.24) is 4.90 Å². The molecule has 5 nitrogen and oxygen atoms in total. The number of hydrogen-bond acceptors (Lipinski definition) is 5. The molecule has 1 N–H and O–H groups in total. The van der Waals surface area contributed by atoms with Crippen molar-refractivity contribution in [3.63, 3.8) is 0 Å². The normalized spacial score (nSPS) is 19.6. The van der Waals surface area contributed by atoms with Crippen LogP contribution in [0.25, 0.3) is 0 Å². The molecule has 2 heterocycles. The van der Waals surface area contributed by atoms with Crippen LogP contribution in [-0.4, -0.2) is 50.8 Å². The van der Waals surface area contributed by atoms with Gasteiger partial charge in [0.2, 0.25) is 0 Å². The number of esters is 1. The summed E-state index contributed by atoms with van der Waals surface area (Å²) in [4.78, 5) is 14.8. The quantitative estimate of drug-likeness (QED) is 0.811. The van der Waals surface area contributed by atoms with E-state index in [9.17, 15) is 4.79 Å². The number of fused-ring (bicyclic) bond motifs is 1. The molecule has 2 aliphatic heterocycles. The van der Waals surface area contributed by atoms with Crippen molar-refractivity contribution in [3.8, 4) is 0 Å². The van der Waals surface area contributed by atoms with Crippen molar-refractivity contribution in [2.45, 2.75) is 32.7 Å². The fourth-order valence-electron chi connectivity index (χ4n) is 3.89. The van der Waals surface area contributed by atoms with E-state index < -0.39 is 5.41 Å². The second kappa shape index (κ2) is 7.53. The third-order valence-corrected chi connectivity index (χ3v) is 5.27. The van der Waals surface area contributed by atoms with Crippen molar-refractivity contribution in [3.05, 3.63) is 29.3 Å². The van der Waals surface area contributed by atoms with Gasteiger partial charge in [-0.25, -0.2) is 0 Å². The Hall–Kier alpha value is -1.59. The summed E-state index contributed by atoms with van der Waals surface area (Å²) in [5.41, 5.74) is 3.62. The molecule has 132 valence electrons. The molecule has 0 saturated carbocycles. The van der Waals surface area contributed by atoms with Crippen LogP contribution in [0.4, 0.5) is 5.69 Å². The maximum absolute atomic E-state index is 12.4. The molecule has 5 heteroatoms. The first-order chi connectivity index (χ1) is 11.7. The minimum Gasteiger partial charge on any atom is -0.465 e. The summed E-state index contributed by atoms with van der Waals surface area (Å²) in [6.45, 7) is 6.49. The predicted octanol–water partition coefficient (Wildman–Crippen LogP) is 2.45. The molecular weight excluding hydrogens is 304 g/mol. The summed E-state index contributed by atoms with van der Waals surface area (Å²) in [6, 6.07) is 6.57. The number of nitrogens with one attached hydrogen (secondary N) is 1. The van der Waals surface area contributed by atoms with E-state index in [0.29, 0.717) is 13.2 Å². The van der Waals surface area contributed by atoms with E-state index >= 15 is 0 Å². The number of nitrogens with zero attached hydrogens (tertiary/aromatic N) is 1. The molecule has 1 fully saturated rings. The van der Waals surface area contributed by atoms with Crippen LogP contribution in [0, 0.1) is 5.41 Å². The molecule has 0 aromatic heterocycles. The van der Waals surface area contributed by atoms with E-state index in [1.54, 1.807) is 7.11 Å². The second-order valence-corrected chi connectivity index (χ2v) is 6.84. The van der Waals surface area contributed by atoms with Crippen LogP contribution in [0.2, 0.25) is 0 Å². The lowest BCUT2D eigenvalue weighted by molar-refractivity contribution is -0.162. The summed E-state index contributed by atoms with van der Waals surface area (Å²) in [7, 11) is 1.66. The Kier molecular flexibility index (Phi) is 5.41. The molecule has 3 rings (SSSR count). The number of para-hydroxylation sites is 1. The first-order valence-corrected chi connectivity index (χ1v) is 8.91. The first-order valence-electron chi connectivity index (χ1n) is 8.91. The molecule has 1 aromatic rings. The first kappa shape index (κ1) is 17.2. The zero-order valence-electron chi connectivity index (χ0n) is 14.8. The van der Waals surface area contributed by atoms with Gasteiger partial charge in [-0.1, -0.05) is 18.2 Å². The summed E-state index contributed by atoms with van der Waals surface area (Å²) in [6.07, 6.45) is 2.70. The molecule has 0 unspecified atom stereocenters. The van der Waals surface area contributed by atoms with Gasteiger partial charge in [-0.3, -0.25) is 9.69 Å². The zero-order valence-corrected chi connectivity index (χ0v) is 14.8. The number of methoxy groups -OCH3 is 1. The molecule has 0 atom stereocenters. The van der Waals surface area contributed by atoms with Crippen LogP contribution < -0.4 is 5.32 Å². The molecule has 0 radical (unpaired) electrons. The number of rotatable bonds is 6. The van der Waals surface area contributed by atoms with Gasteiger partial charge in [0.15, 0.2) is 0 Å². The molecule has 0 amide bonds. The van der Waals surface area contributed by atoms with Crippen LogP contribution in [0.3, 0.4) is 0 Å². The minimum atomic E-state index is -0.474. The van der Waals surface area contributed by atoms with Gasteiger partial charge < -0.3 is 14.8 Å². The van der Waals surface area contributed by atoms with Gasteiger partial charge >= 0.3 is 5.97 Å². The highest BCUT2D eigenvalue weighted by molar-refractivity contribution is 5.77. The van der Waals surface area contributed by atoms with Crippen LogP contribution in [0.15, 0.2) is 18.2 Å². The molecule has 0 spiro atoms. The average molecular weight is 332 g/mol. The molecule has 1 saturated heterocycles. The third-order valence-electron chi connectivity index (χ3n) is 5.27. The zero-order chi connectivity index (χ0) is 17.0. The highest BCUT2D eigenvalue weighted by Crippen LogP contribution is 2.35. The van der Waals surface area contributed by atoms with E-state index in [1.165, 1.54) is 16.8 Å². The van der Waals surface area contributed by atoms with Crippen LogP contribution in [0.5, 0.6) is 0 Å². The Morgan fingerprint density at radius 2 is 2.12 bits per heavy atom. The van der Waals surface area contributed by atoms with E-state index in [2.05, 4.69) is 28.4 Å². The van der Waals surface area contributed by atoms with Gasteiger partial charge in [0, 0.05) is 25.9 Å². The van der Waals surface area contributed by atoms with Crippen LogP contribution in [0.1, 0.15) is 30.9 Å². The van der Waals surface area contributed by atoms with Crippen molar-refractivity contribution in [2.75, 3.05) is 45.3 Å². The SMILES string of the molecule is CCOC(=O)C1(COC)CCN(Cc2cccc3c2NCC3)CC1. The minimum absolute atomic E-state index is 0.103. The summed E-state index contributed by atoms with van der Waals surface area (Å²) in [5, 5.41) is 3.51. The molecule has 0 bridgehead atoms. The molecule has 0 aliphatic carbocycles. The van der Waals surface area contributed by atoms with Gasteiger partial charge in [0.25, 0.3) is 0 Å². The van der Waals surface area contributed by atoms with E-state index in [0.717, 1.165) is 45.4 Å². The fourth-order valence-corrected chi connectivity index (χ4v) is 3.89. The highest BCUT2D eigenvalue weighted by atomic mass is 16.5. The van der Waals surface area contributed by atoms with Crippen molar-refractivity contribution >= 4 is 11.7 Å². The number of hydrogen-bond donors (Lipinski definition) is 1. The monoisotopic (exact) mass is 332 g/mol. The number of piperidine rings is 1. The number of anilines is 1. The number of ether oxygens (including phenoxy) is 2. The summed E-state index contributed by atoms with van der Waals surface area (Å²) >= 11 is 0. The Morgan fingerprint density at radius 3 is 2.83 bits per heavy atom. The molecule has 1 aromatic carbocycles. The van der Waals surface area contributed by atoms with Crippen molar-refractivity contribution in [1.29, 1.82) is 0 Å².